The van der Waals surface area contributed by atoms with Crippen molar-refractivity contribution in [2.75, 3.05) is 16.2 Å². The van der Waals surface area contributed by atoms with Crippen molar-refractivity contribution in [2.24, 2.45) is 0 Å². The Morgan fingerprint density at radius 2 is 1.69 bits per heavy atom. The van der Waals surface area contributed by atoms with Crippen LogP contribution in [-0.2, 0) is 21.2 Å². The number of hydrogen-bond acceptors (Lipinski definition) is 4. The molecular weight excluding hydrogens is 424 g/mol. The fourth-order valence-electron chi connectivity index (χ4n) is 4.12. The molecule has 1 amide bonds. The van der Waals surface area contributed by atoms with Gasteiger partial charge in [-0.1, -0.05) is 24.3 Å². The van der Waals surface area contributed by atoms with E-state index < -0.39 is 10.0 Å². The second kappa shape index (κ2) is 8.67. The highest BCUT2D eigenvalue weighted by atomic mass is 32.2. The third-order valence-corrected chi connectivity index (χ3v) is 6.84. The van der Waals surface area contributed by atoms with Gasteiger partial charge in [0, 0.05) is 17.4 Å². The Kier molecular flexibility index (Phi) is 5.93. The molecule has 0 fully saturated rings. The molecule has 3 aromatic rings. The fraction of sp³-hybridized carbons (Fsp3) is 0.240. The van der Waals surface area contributed by atoms with E-state index in [1.165, 1.54) is 12.1 Å². The van der Waals surface area contributed by atoms with Crippen molar-refractivity contribution >= 4 is 27.3 Å². The van der Waals surface area contributed by atoms with E-state index in [-0.39, 0.29) is 23.5 Å². The highest BCUT2D eigenvalue weighted by Gasteiger charge is 2.30. The highest BCUT2D eigenvalue weighted by molar-refractivity contribution is 7.92. The van der Waals surface area contributed by atoms with Gasteiger partial charge in [-0.15, -0.1) is 0 Å². The molecule has 166 valence electrons. The van der Waals surface area contributed by atoms with Crippen LogP contribution in [-0.4, -0.2) is 27.0 Å². The lowest BCUT2D eigenvalue weighted by Gasteiger charge is -2.22. The maximum absolute atomic E-state index is 12.8. The van der Waals surface area contributed by atoms with E-state index >= 15 is 0 Å². The average Bonchev–Trinajstić information content (AvgIpc) is 3.07. The summed E-state index contributed by atoms with van der Waals surface area (Å²) in [5.41, 5.74) is 4.55. The van der Waals surface area contributed by atoms with Crippen LogP contribution in [0.4, 0.5) is 11.4 Å². The number of carbonyl (C=O) groups excluding carboxylic acids is 1. The number of sulfonamides is 1. The molecule has 0 bridgehead atoms. The standard InChI is InChI=1S/C25H26N2O4S/c1-17-12-18(2)14-21(13-17)26-32(29,30)23-10-8-22(9-11-23)31-16-25(28)27-19(3)15-20-6-4-5-7-24(20)27/h4-14,19,26H,15-16H2,1-3H3/t19-/m0/s1. The van der Waals surface area contributed by atoms with Crippen molar-refractivity contribution < 1.29 is 17.9 Å². The Morgan fingerprint density at radius 1 is 1.03 bits per heavy atom. The minimum atomic E-state index is -3.73. The lowest BCUT2D eigenvalue weighted by molar-refractivity contribution is -0.120. The minimum absolute atomic E-state index is 0.0763. The van der Waals surface area contributed by atoms with Crippen molar-refractivity contribution in [3.8, 4) is 5.75 Å². The number of aryl methyl sites for hydroxylation is 2. The summed E-state index contributed by atoms with van der Waals surface area (Å²) in [5.74, 6) is 0.305. The Morgan fingerprint density at radius 3 is 2.38 bits per heavy atom. The van der Waals surface area contributed by atoms with Gasteiger partial charge in [-0.25, -0.2) is 8.42 Å². The van der Waals surface area contributed by atoms with Crippen LogP contribution in [0.5, 0.6) is 5.75 Å². The topological polar surface area (TPSA) is 75.7 Å². The molecule has 3 aromatic carbocycles. The van der Waals surface area contributed by atoms with E-state index in [9.17, 15) is 13.2 Å². The zero-order chi connectivity index (χ0) is 22.9. The van der Waals surface area contributed by atoms with Crippen molar-refractivity contribution in [2.45, 2.75) is 38.1 Å². The van der Waals surface area contributed by atoms with Crippen LogP contribution < -0.4 is 14.4 Å². The van der Waals surface area contributed by atoms with Gasteiger partial charge < -0.3 is 9.64 Å². The van der Waals surface area contributed by atoms with Gasteiger partial charge in [-0.05, 0) is 86.3 Å². The molecule has 1 N–H and O–H groups in total. The van der Waals surface area contributed by atoms with Crippen molar-refractivity contribution in [3.05, 3.63) is 83.4 Å². The summed E-state index contributed by atoms with van der Waals surface area (Å²) in [6.07, 6.45) is 0.821. The monoisotopic (exact) mass is 450 g/mol. The van der Waals surface area contributed by atoms with Gasteiger partial charge in [-0.3, -0.25) is 9.52 Å². The van der Waals surface area contributed by atoms with E-state index in [1.807, 2.05) is 51.1 Å². The molecule has 0 unspecified atom stereocenters. The summed E-state index contributed by atoms with van der Waals surface area (Å²) >= 11 is 0. The Labute approximate surface area is 188 Å². The first kappa shape index (κ1) is 21.9. The van der Waals surface area contributed by atoms with Crippen LogP contribution in [0.2, 0.25) is 0 Å². The number of nitrogens with zero attached hydrogens (tertiary/aromatic N) is 1. The molecular formula is C25H26N2O4S. The van der Waals surface area contributed by atoms with E-state index in [0.717, 1.165) is 28.8 Å². The smallest absolute Gasteiger partial charge is 0.265 e. The summed E-state index contributed by atoms with van der Waals surface area (Å²) < 4.78 is 33.7. The molecule has 4 rings (SSSR count). The van der Waals surface area contributed by atoms with Gasteiger partial charge in [0.15, 0.2) is 6.61 Å². The number of para-hydroxylation sites is 1. The van der Waals surface area contributed by atoms with Gasteiger partial charge in [0.2, 0.25) is 0 Å². The van der Waals surface area contributed by atoms with Crippen LogP contribution >= 0.6 is 0 Å². The first-order valence-corrected chi connectivity index (χ1v) is 12.0. The van der Waals surface area contributed by atoms with Crippen molar-refractivity contribution in [3.63, 3.8) is 0 Å². The molecule has 0 aromatic heterocycles. The molecule has 1 atom stereocenters. The zero-order valence-corrected chi connectivity index (χ0v) is 19.1. The lowest BCUT2D eigenvalue weighted by Crippen LogP contribution is -2.39. The summed E-state index contributed by atoms with van der Waals surface area (Å²) in [6.45, 7) is 5.73. The minimum Gasteiger partial charge on any atom is -0.484 e. The third-order valence-electron chi connectivity index (χ3n) is 5.45. The first-order chi connectivity index (χ1) is 15.2. The molecule has 32 heavy (non-hydrogen) atoms. The fourth-order valence-corrected chi connectivity index (χ4v) is 5.16. The molecule has 7 heteroatoms. The molecule has 1 heterocycles. The molecule has 0 spiro atoms. The number of anilines is 2. The number of carbonyl (C=O) groups is 1. The third kappa shape index (κ3) is 4.62. The Hall–Kier alpha value is -3.32. The summed E-state index contributed by atoms with van der Waals surface area (Å²) in [5, 5.41) is 0. The number of fused-ring (bicyclic) bond motifs is 1. The van der Waals surface area contributed by atoms with E-state index in [1.54, 1.807) is 29.2 Å². The summed E-state index contributed by atoms with van der Waals surface area (Å²) in [7, 11) is -3.73. The van der Waals surface area contributed by atoms with Crippen molar-refractivity contribution in [1.29, 1.82) is 0 Å². The zero-order valence-electron chi connectivity index (χ0n) is 18.3. The average molecular weight is 451 g/mol. The maximum atomic E-state index is 12.8. The van der Waals surface area contributed by atoms with Crippen LogP contribution in [0, 0.1) is 13.8 Å². The number of amides is 1. The summed E-state index contributed by atoms with van der Waals surface area (Å²) in [4.78, 5) is 14.7. The molecule has 0 saturated carbocycles. The predicted molar refractivity (Wildman–Crippen MR) is 126 cm³/mol. The van der Waals surface area contributed by atoms with Gasteiger partial charge in [0.05, 0.1) is 4.90 Å². The van der Waals surface area contributed by atoms with Crippen LogP contribution in [0.25, 0.3) is 0 Å². The maximum Gasteiger partial charge on any atom is 0.265 e. The Bertz CT molecular complexity index is 1230. The van der Waals surface area contributed by atoms with E-state index in [0.29, 0.717) is 11.4 Å². The number of hydrogen-bond donors (Lipinski definition) is 1. The number of benzene rings is 3. The number of rotatable bonds is 6. The second-order valence-electron chi connectivity index (χ2n) is 8.19. The first-order valence-electron chi connectivity index (χ1n) is 10.5. The van der Waals surface area contributed by atoms with Crippen molar-refractivity contribution in [1.82, 2.24) is 0 Å². The van der Waals surface area contributed by atoms with Gasteiger partial charge in [0.1, 0.15) is 5.75 Å². The quantitative estimate of drug-likeness (QED) is 0.602. The van der Waals surface area contributed by atoms with Gasteiger partial charge >= 0.3 is 0 Å². The van der Waals surface area contributed by atoms with E-state index in [2.05, 4.69) is 4.72 Å². The second-order valence-corrected chi connectivity index (χ2v) is 9.87. The van der Waals surface area contributed by atoms with Crippen LogP contribution in [0.1, 0.15) is 23.6 Å². The normalized spacial score (nSPS) is 15.3. The number of nitrogens with one attached hydrogen (secondary N) is 1. The van der Waals surface area contributed by atoms with E-state index in [4.69, 9.17) is 4.74 Å². The molecule has 1 aliphatic rings. The SMILES string of the molecule is Cc1cc(C)cc(NS(=O)(=O)c2ccc(OCC(=O)N3c4ccccc4C[C@@H]3C)cc2)c1. The molecule has 0 radical (unpaired) electrons. The lowest BCUT2D eigenvalue weighted by atomic mass is 10.1. The van der Waals surface area contributed by atoms with Gasteiger partial charge in [-0.2, -0.15) is 0 Å². The Balaban J connectivity index is 1.41. The summed E-state index contributed by atoms with van der Waals surface area (Å²) in [6, 6.07) is 19.6. The number of ether oxygens (including phenoxy) is 1. The largest absolute Gasteiger partial charge is 0.484 e. The van der Waals surface area contributed by atoms with Crippen LogP contribution in [0.3, 0.4) is 0 Å². The highest BCUT2D eigenvalue weighted by Crippen LogP contribution is 2.32. The molecule has 6 nitrogen and oxygen atoms in total. The predicted octanol–water partition coefficient (Wildman–Crippen LogP) is 4.46. The molecule has 0 saturated heterocycles. The van der Waals surface area contributed by atoms with Gasteiger partial charge in [0.25, 0.3) is 15.9 Å². The molecule has 0 aliphatic carbocycles. The molecule has 1 aliphatic heterocycles. The van der Waals surface area contributed by atoms with Crippen LogP contribution in [0.15, 0.2) is 71.6 Å².